The molecule has 0 aliphatic rings. The third-order valence-electron chi connectivity index (χ3n) is 1.82. The van der Waals surface area contributed by atoms with Crippen LogP contribution < -0.4 is 5.73 Å². The normalized spacial score (nSPS) is 12.3. The van der Waals surface area contributed by atoms with Gasteiger partial charge in [-0.2, -0.15) is 13.2 Å². The van der Waals surface area contributed by atoms with Crippen molar-refractivity contribution >= 4 is 23.4 Å². The van der Waals surface area contributed by atoms with Crippen molar-refractivity contribution in [3.63, 3.8) is 0 Å². The molecule has 0 radical (unpaired) electrons. The van der Waals surface area contributed by atoms with Crippen LogP contribution in [-0.4, -0.2) is 5.88 Å². The number of halogens is 4. The van der Waals surface area contributed by atoms with Gasteiger partial charge in [0.1, 0.15) is 0 Å². The van der Waals surface area contributed by atoms with Gasteiger partial charge in [-0.25, -0.2) is 0 Å². The standard InChI is InChI=1S/C10H9ClF3N/c11-6-2-3-7-8(10(12,13)14)4-1-5-9(7)15/h1-5H,6,15H2. The first-order chi connectivity index (χ1) is 6.96. The molecular formula is C10H9ClF3N. The van der Waals surface area contributed by atoms with Crippen LogP contribution in [0.1, 0.15) is 11.1 Å². The molecular weight excluding hydrogens is 227 g/mol. The van der Waals surface area contributed by atoms with Crippen molar-refractivity contribution in [3.8, 4) is 0 Å². The van der Waals surface area contributed by atoms with Gasteiger partial charge in [-0.3, -0.25) is 0 Å². The van der Waals surface area contributed by atoms with Gasteiger partial charge in [0, 0.05) is 17.1 Å². The summed E-state index contributed by atoms with van der Waals surface area (Å²) in [5, 5.41) is 0. The quantitative estimate of drug-likeness (QED) is 0.616. The van der Waals surface area contributed by atoms with Gasteiger partial charge in [0.05, 0.1) is 5.56 Å². The first-order valence-electron chi connectivity index (χ1n) is 4.15. The minimum absolute atomic E-state index is 0.0364. The largest absolute Gasteiger partial charge is 0.417 e. The second kappa shape index (κ2) is 4.57. The molecule has 0 fully saturated rings. The maximum atomic E-state index is 12.5. The van der Waals surface area contributed by atoms with Crippen molar-refractivity contribution in [1.29, 1.82) is 0 Å². The van der Waals surface area contributed by atoms with E-state index in [-0.39, 0.29) is 17.1 Å². The van der Waals surface area contributed by atoms with Crippen molar-refractivity contribution in [1.82, 2.24) is 0 Å². The van der Waals surface area contributed by atoms with E-state index in [0.717, 1.165) is 6.07 Å². The van der Waals surface area contributed by atoms with E-state index >= 15 is 0 Å². The summed E-state index contributed by atoms with van der Waals surface area (Å²) >= 11 is 5.36. The molecule has 0 heterocycles. The highest BCUT2D eigenvalue weighted by Crippen LogP contribution is 2.34. The molecule has 0 aliphatic carbocycles. The molecule has 0 aromatic heterocycles. The van der Waals surface area contributed by atoms with Gasteiger partial charge in [-0.05, 0) is 12.1 Å². The van der Waals surface area contributed by atoms with Gasteiger partial charge in [0.15, 0.2) is 0 Å². The van der Waals surface area contributed by atoms with E-state index in [1.54, 1.807) is 0 Å². The third kappa shape index (κ3) is 2.89. The summed E-state index contributed by atoms with van der Waals surface area (Å²) in [7, 11) is 0. The van der Waals surface area contributed by atoms with Crippen LogP contribution in [0.4, 0.5) is 18.9 Å². The summed E-state index contributed by atoms with van der Waals surface area (Å²) in [5.74, 6) is 0.144. The Labute approximate surface area is 90.3 Å². The Morgan fingerprint density at radius 2 is 2.00 bits per heavy atom. The average molecular weight is 236 g/mol. The average Bonchev–Trinajstić information content (AvgIpc) is 2.14. The van der Waals surface area contributed by atoms with E-state index in [1.165, 1.54) is 24.3 Å². The van der Waals surface area contributed by atoms with E-state index in [2.05, 4.69) is 0 Å². The van der Waals surface area contributed by atoms with Crippen molar-refractivity contribution in [2.75, 3.05) is 11.6 Å². The zero-order valence-electron chi connectivity index (χ0n) is 7.68. The first kappa shape index (κ1) is 11.9. The smallest absolute Gasteiger partial charge is 0.398 e. The van der Waals surface area contributed by atoms with Gasteiger partial charge < -0.3 is 5.73 Å². The Morgan fingerprint density at radius 3 is 2.53 bits per heavy atom. The number of rotatable bonds is 2. The molecule has 1 rings (SSSR count). The van der Waals surface area contributed by atoms with Crippen LogP contribution >= 0.6 is 11.6 Å². The number of anilines is 1. The van der Waals surface area contributed by atoms with Crippen LogP contribution in [0.25, 0.3) is 6.08 Å². The Kier molecular flexibility index (Phi) is 3.63. The molecule has 0 spiro atoms. The first-order valence-corrected chi connectivity index (χ1v) is 4.68. The fourth-order valence-electron chi connectivity index (χ4n) is 1.18. The van der Waals surface area contributed by atoms with Crippen LogP contribution in [0.5, 0.6) is 0 Å². The van der Waals surface area contributed by atoms with Crippen molar-refractivity contribution in [3.05, 3.63) is 35.4 Å². The van der Waals surface area contributed by atoms with E-state index in [1.807, 2.05) is 0 Å². The molecule has 5 heteroatoms. The van der Waals surface area contributed by atoms with E-state index < -0.39 is 11.7 Å². The lowest BCUT2D eigenvalue weighted by Crippen LogP contribution is -2.08. The predicted molar refractivity (Wildman–Crippen MR) is 55.6 cm³/mol. The number of benzene rings is 1. The molecule has 82 valence electrons. The second-order valence-corrected chi connectivity index (χ2v) is 3.17. The summed E-state index contributed by atoms with van der Waals surface area (Å²) < 4.78 is 37.6. The summed E-state index contributed by atoms with van der Waals surface area (Å²) in [6, 6.07) is 3.68. The molecule has 15 heavy (non-hydrogen) atoms. The summed E-state index contributed by atoms with van der Waals surface area (Å²) in [4.78, 5) is 0. The van der Waals surface area contributed by atoms with E-state index in [9.17, 15) is 13.2 Å². The molecule has 1 aromatic rings. The van der Waals surface area contributed by atoms with Crippen molar-refractivity contribution in [2.45, 2.75) is 6.18 Å². The topological polar surface area (TPSA) is 26.0 Å². The van der Waals surface area contributed by atoms with E-state index in [0.29, 0.717) is 0 Å². The van der Waals surface area contributed by atoms with Gasteiger partial charge in [-0.1, -0.05) is 18.2 Å². The number of allylic oxidation sites excluding steroid dienone is 1. The van der Waals surface area contributed by atoms with E-state index in [4.69, 9.17) is 17.3 Å². The van der Waals surface area contributed by atoms with Crippen molar-refractivity contribution < 1.29 is 13.2 Å². The number of alkyl halides is 4. The highest BCUT2D eigenvalue weighted by atomic mass is 35.5. The van der Waals surface area contributed by atoms with Gasteiger partial charge in [-0.15, -0.1) is 11.6 Å². The molecule has 0 atom stereocenters. The maximum Gasteiger partial charge on any atom is 0.417 e. The molecule has 1 nitrogen and oxygen atoms in total. The number of nitrogens with two attached hydrogens (primary N) is 1. The molecule has 0 aliphatic heterocycles. The molecule has 2 N–H and O–H groups in total. The predicted octanol–water partition coefficient (Wildman–Crippen LogP) is 3.54. The fourth-order valence-corrected chi connectivity index (χ4v) is 1.27. The minimum atomic E-state index is -4.40. The highest BCUT2D eigenvalue weighted by Gasteiger charge is 2.33. The monoisotopic (exact) mass is 235 g/mol. The van der Waals surface area contributed by atoms with Gasteiger partial charge in [0.25, 0.3) is 0 Å². The van der Waals surface area contributed by atoms with Gasteiger partial charge >= 0.3 is 6.18 Å². The summed E-state index contributed by atoms with van der Waals surface area (Å²) in [5.41, 5.74) is 4.77. The van der Waals surface area contributed by atoms with Crippen molar-refractivity contribution in [2.24, 2.45) is 0 Å². The zero-order valence-corrected chi connectivity index (χ0v) is 8.44. The number of nitrogen functional groups attached to an aromatic ring is 1. The van der Waals surface area contributed by atoms with Crippen LogP contribution in [0.15, 0.2) is 24.3 Å². The summed E-state index contributed by atoms with van der Waals surface area (Å²) in [6.07, 6.45) is -1.70. The van der Waals surface area contributed by atoms with Crippen LogP contribution in [0, 0.1) is 0 Å². The van der Waals surface area contributed by atoms with Crippen LogP contribution in [0.2, 0.25) is 0 Å². The SMILES string of the molecule is Nc1cccc(C(F)(F)F)c1C=CCCl. The number of hydrogen-bond acceptors (Lipinski definition) is 1. The molecule has 0 bridgehead atoms. The lowest BCUT2D eigenvalue weighted by molar-refractivity contribution is -0.137. The molecule has 0 saturated carbocycles. The Balaban J connectivity index is 3.27. The second-order valence-electron chi connectivity index (χ2n) is 2.86. The molecule has 0 unspecified atom stereocenters. The Hall–Kier alpha value is -1.16. The fraction of sp³-hybridized carbons (Fsp3) is 0.200. The lowest BCUT2D eigenvalue weighted by Gasteiger charge is -2.11. The Morgan fingerprint density at radius 1 is 1.33 bits per heavy atom. The van der Waals surface area contributed by atoms with Crippen LogP contribution in [0.3, 0.4) is 0 Å². The van der Waals surface area contributed by atoms with Gasteiger partial charge in [0.2, 0.25) is 0 Å². The maximum absolute atomic E-state index is 12.5. The molecule has 0 saturated heterocycles. The van der Waals surface area contributed by atoms with Crippen LogP contribution in [-0.2, 0) is 6.18 Å². The Bertz CT molecular complexity index is 371. The molecule has 0 amide bonds. The lowest BCUT2D eigenvalue weighted by atomic mass is 10.0. The summed E-state index contributed by atoms with van der Waals surface area (Å²) in [6.45, 7) is 0. The highest BCUT2D eigenvalue weighted by molar-refractivity contribution is 6.19. The minimum Gasteiger partial charge on any atom is -0.398 e. The zero-order chi connectivity index (χ0) is 11.5. The third-order valence-corrected chi connectivity index (χ3v) is 2.00. The number of hydrogen-bond donors (Lipinski definition) is 1. The molecule has 1 aromatic carbocycles.